The molecule has 1 aliphatic carbocycles. The highest BCUT2D eigenvalue weighted by Gasteiger charge is 2.12. The SMILES string of the molecule is NS(=O)(=O)c1ccc(CCNC(=O)c2ccc3c(=O)n(CCC4=CCCCC4)c(=S)[nH]c3c2)cc1. The van der Waals surface area contributed by atoms with Crippen LogP contribution in [0.3, 0.4) is 0 Å². The molecule has 1 amide bonds. The number of nitrogens with one attached hydrogen (secondary N) is 2. The summed E-state index contributed by atoms with van der Waals surface area (Å²) in [6, 6.07) is 11.1. The smallest absolute Gasteiger partial charge is 0.262 e. The molecule has 2 aromatic carbocycles. The van der Waals surface area contributed by atoms with Crippen LogP contribution in [0.1, 0.15) is 48.0 Å². The molecule has 35 heavy (non-hydrogen) atoms. The lowest BCUT2D eigenvalue weighted by Gasteiger charge is -2.14. The number of primary sulfonamides is 1. The van der Waals surface area contributed by atoms with Crippen molar-refractivity contribution in [2.24, 2.45) is 5.14 Å². The maximum absolute atomic E-state index is 13.0. The van der Waals surface area contributed by atoms with Gasteiger partial charge in [-0.25, -0.2) is 13.6 Å². The Labute approximate surface area is 208 Å². The van der Waals surface area contributed by atoms with Crippen molar-refractivity contribution < 1.29 is 13.2 Å². The molecule has 10 heteroatoms. The Hall–Kier alpha value is -3.08. The molecular formula is C25H28N4O4S2. The number of hydrogen-bond acceptors (Lipinski definition) is 5. The fourth-order valence-electron chi connectivity index (χ4n) is 4.25. The van der Waals surface area contributed by atoms with E-state index < -0.39 is 10.0 Å². The van der Waals surface area contributed by atoms with E-state index in [0.29, 0.717) is 40.7 Å². The van der Waals surface area contributed by atoms with Gasteiger partial charge in [-0.3, -0.25) is 14.2 Å². The molecule has 4 N–H and O–H groups in total. The third-order valence-electron chi connectivity index (χ3n) is 6.24. The quantitative estimate of drug-likeness (QED) is 0.314. The van der Waals surface area contributed by atoms with Crippen molar-refractivity contribution in [1.82, 2.24) is 14.9 Å². The fraction of sp³-hybridized carbons (Fsp3) is 0.320. The second kappa shape index (κ2) is 10.7. The number of benzene rings is 2. The number of aromatic amines is 1. The van der Waals surface area contributed by atoms with Crippen LogP contribution in [0.4, 0.5) is 0 Å². The first kappa shape index (κ1) is 25.0. The van der Waals surface area contributed by atoms with Crippen LogP contribution in [-0.4, -0.2) is 30.4 Å². The van der Waals surface area contributed by atoms with E-state index in [1.807, 2.05) is 0 Å². The predicted octanol–water partition coefficient (Wildman–Crippen LogP) is 3.57. The maximum Gasteiger partial charge on any atom is 0.262 e. The molecular weight excluding hydrogens is 484 g/mol. The lowest BCUT2D eigenvalue weighted by Crippen LogP contribution is -2.26. The van der Waals surface area contributed by atoms with Crippen LogP contribution in [0.25, 0.3) is 10.9 Å². The number of allylic oxidation sites excluding steroid dienone is 2. The lowest BCUT2D eigenvalue weighted by atomic mass is 9.97. The Balaban J connectivity index is 1.42. The zero-order chi connectivity index (χ0) is 25.0. The van der Waals surface area contributed by atoms with Crippen molar-refractivity contribution in [1.29, 1.82) is 0 Å². The van der Waals surface area contributed by atoms with E-state index in [1.54, 1.807) is 34.9 Å². The monoisotopic (exact) mass is 512 g/mol. The summed E-state index contributed by atoms with van der Waals surface area (Å²) >= 11 is 5.44. The molecule has 1 aliphatic rings. The van der Waals surface area contributed by atoms with Gasteiger partial charge in [-0.1, -0.05) is 23.8 Å². The van der Waals surface area contributed by atoms with Gasteiger partial charge in [-0.15, -0.1) is 0 Å². The van der Waals surface area contributed by atoms with Crippen molar-refractivity contribution in [3.63, 3.8) is 0 Å². The molecule has 1 heterocycles. The molecule has 8 nitrogen and oxygen atoms in total. The number of nitrogens with two attached hydrogens (primary N) is 1. The summed E-state index contributed by atoms with van der Waals surface area (Å²) < 4.78 is 24.6. The molecule has 1 aromatic heterocycles. The molecule has 0 fully saturated rings. The molecule has 0 saturated carbocycles. The molecule has 3 aromatic rings. The Kier molecular flexibility index (Phi) is 7.63. The number of H-pyrrole nitrogens is 1. The van der Waals surface area contributed by atoms with Crippen LogP contribution in [0.15, 0.2) is 63.8 Å². The molecule has 0 saturated heterocycles. The van der Waals surface area contributed by atoms with Crippen LogP contribution in [0.2, 0.25) is 0 Å². The van der Waals surface area contributed by atoms with Crippen LogP contribution in [0, 0.1) is 4.77 Å². The first-order valence-electron chi connectivity index (χ1n) is 11.6. The molecule has 184 valence electrons. The van der Waals surface area contributed by atoms with Gasteiger partial charge in [-0.2, -0.15) is 0 Å². The van der Waals surface area contributed by atoms with Crippen molar-refractivity contribution in [3.8, 4) is 0 Å². The van der Waals surface area contributed by atoms with Crippen LogP contribution in [0.5, 0.6) is 0 Å². The molecule has 0 spiro atoms. The number of aromatic nitrogens is 2. The minimum atomic E-state index is -3.73. The van der Waals surface area contributed by atoms with E-state index in [9.17, 15) is 18.0 Å². The second-order valence-electron chi connectivity index (χ2n) is 8.70. The minimum absolute atomic E-state index is 0.0453. The van der Waals surface area contributed by atoms with Crippen LogP contribution >= 0.6 is 12.2 Å². The summed E-state index contributed by atoms with van der Waals surface area (Å²) in [6.07, 6.45) is 8.21. The van der Waals surface area contributed by atoms with E-state index in [0.717, 1.165) is 24.8 Å². The number of carbonyl (C=O) groups excluding carboxylic acids is 1. The van der Waals surface area contributed by atoms with E-state index in [1.165, 1.54) is 30.5 Å². The van der Waals surface area contributed by atoms with Gasteiger partial charge in [0.15, 0.2) is 4.77 Å². The van der Waals surface area contributed by atoms with E-state index in [4.69, 9.17) is 17.4 Å². The second-order valence-corrected chi connectivity index (χ2v) is 10.6. The Morgan fingerprint density at radius 2 is 1.89 bits per heavy atom. The topological polar surface area (TPSA) is 127 Å². The van der Waals surface area contributed by atoms with Crippen LogP contribution in [-0.2, 0) is 23.0 Å². The van der Waals surface area contributed by atoms with Crippen molar-refractivity contribution >= 4 is 39.1 Å². The van der Waals surface area contributed by atoms with Gasteiger partial charge in [0.2, 0.25) is 10.0 Å². The van der Waals surface area contributed by atoms with Gasteiger partial charge in [-0.05, 0) is 86.6 Å². The molecule has 0 radical (unpaired) electrons. The third kappa shape index (κ3) is 6.14. The maximum atomic E-state index is 13.0. The average molecular weight is 513 g/mol. The van der Waals surface area contributed by atoms with Gasteiger partial charge in [0.05, 0.1) is 15.8 Å². The Morgan fingerprint density at radius 1 is 1.11 bits per heavy atom. The zero-order valence-electron chi connectivity index (χ0n) is 19.2. The number of rotatable bonds is 8. The number of hydrogen-bond donors (Lipinski definition) is 3. The fourth-order valence-corrected chi connectivity index (χ4v) is 5.05. The summed E-state index contributed by atoms with van der Waals surface area (Å²) in [4.78, 5) is 28.8. The summed E-state index contributed by atoms with van der Waals surface area (Å²) in [6.45, 7) is 0.898. The van der Waals surface area contributed by atoms with E-state index >= 15 is 0 Å². The van der Waals surface area contributed by atoms with E-state index in [2.05, 4.69) is 16.4 Å². The molecule has 0 aliphatic heterocycles. The highest BCUT2D eigenvalue weighted by Crippen LogP contribution is 2.20. The first-order chi connectivity index (χ1) is 16.7. The van der Waals surface area contributed by atoms with Crippen molar-refractivity contribution in [3.05, 3.63) is 80.4 Å². The van der Waals surface area contributed by atoms with Gasteiger partial charge in [0.25, 0.3) is 11.5 Å². The summed E-state index contributed by atoms with van der Waals surface area (Å²) in [5.74, 6) is -0.277. The predicted molar refractivity (Wildman–Crippen MR) is 138 cm³/mol. The van der Waals surface area contributed by atoms with E-state index in [-0.39, 0.29) is 16.4 Å². The number of carbonyl (C=O) groups is 1. The number of sulfonamides is 1. The molecule has 4 rings (SSSR count). The minimum Gasteiger partial charge on any atom is -0.352 e. The molecule has 0 bridgehead atoms. The van der Waals surface area contributed by atoms with Crippen molar-refractivity contribution in [2.75, 3.05) is 6.54 Å². The van der Waals surface area contributed by atoms with Gasteiger partial charge in [0, 0.05) is 18.7 Å². The zero-order valence-corrected chi connectivity index (χ0v) is 20.9. The number of amides is 1. The summed E-state index contributed by atoms with van der Waals surface area (Å²) in [7, 11) is -3.73. The number of fused-ring (bicyclic) bond motifs is 1. The highest BCUT2D eigenvalue weighted by atomic mass is 32.2. The normalized spacial score (nSPS) is 14.0. The molecule has 0 unspecified atom stereocenters. The largest absolute Gasteiger partial charge is 0.352 e. The lowest BCUT2D eigenvalue weighted by molar-refractivity contribution is 0.0954. The molecule has 0 atom stereocenters. The van der Waals surface area contributed by atoms with Gasteiger partial charge >= 0.3 is 0 Å². The van der Waals surface area contributed by atoms with Crippen molar-refractivity contribution in [2.45, 2.75) is 50.0 Å². The third-order valence-corrected chi connectivity index (χ3v) is 7.49. The van der Waals surface area contributed by atoms with Gasteiger partial charge in [0.1, 0.15) is 0 Å². The Morgan fingerprint density at radius 3 is 2.57 bits per heavy atom. The van der Waals surface area contributed by atoms with Gasteiger partial charge < -0.3 is 10.3 Å². The summed E-state index contributed by atoms with van der Waals surface area (Å²) in [5.41, 5.74) is 3.03. The number of nitrogens with zero attached hydrogens (tertiary/aromatic N) is 1. The average Bonchev–Trinajstić information content (AvgIpc) is 2.84. The standard InChI is InChI=1S/C25H28N4O4S2/c26-35(32,33)20-9-6-18(7-10-20)12-14-27-23(30)19-8-11-21-22(16-19)28-25(34)29(24(21)31)15-13-17-4-2-1-3-5-17/h4,6-11,16H,1-3,5,12-15H2,(H,27,30)(H,28,34)(H2,26,32,33). The Bertz CT molecular complexity index is 1500. The highest BCUT2D eigenvalue weighted by molar-refractivity contribution is 7.89. The van der Waals surface area contributed by atoms with Crippen LogP contribution < -0.4 is 16.0 Å². The summed E-state index contributed by atoms with van der Waals surface area (Å²) in [5, 5.41) is 8.44. The first-order valence-corrected chi connectivity index (χ1v) is 13.5.